The molecular weight excluding hydrogens is 412 g/mol. The molecule has 4 heteroatoms. The SMILES string of the molecule is C=CCC1C(=O)c2cc(OC)ccc2[C@H]2CC[C@]3(C)C(O[Si](C)(C)C(C)(C)C)CC[C@H]3[C@H]12. The molecule has 3 aliphatic rings. The fourth-order valence-corrected chi connectivity index (χ4v) is 8.27. The molecule has 4 rings (SSSR count). The first-order chi connectivity index (χ1) is 14.9. The second-order valence-corrected chi connectivity index (χ2v) is 17.0. The molecule has 0 heterocycles. The van der Waals surface area contributed by atoms with Crippen molar-refractivity contribution in [3.63, 3.8) is 0 Å². The summed E-state index contributed by atoms with van der Waals surface area (Å²) in [5, 5.41) is 0.211. The van der Waals surface area contributed by atoms with E-state index in [1.165, 1.54) is 18.4 Å². The zero-order chi connectivity index (χ0) is 23.5. The highest BCUT2D eigenvalue weighted by Gasteiger charge is 2.59. The normalized spacial score (nSPS) is 34.5. The summed E-state index contributed by atoms with van der Waals surface area (Å²) >= 11 is 0. The molecule has 2 unspecified atom stereocenters. The Bertz CT molecular complexity index is 898. The van der Waals surface area contributed by atoms with Crippen molar-refractivity contribution in [2.45, 2.75) is 90.0 Å². The van der Waals surface area contributed by atoms with E-state index in [0.717, 1.165) is 30.6 Å². The minimum absolute atomic E-state index is 0.0216. The molecule has 0 radical (unpaired) electrons. The maximum atomic E-state index is 13.7. The summed E-state index contributed by atoms with van der Waals surface area (Å²) in [5.74, 6) is 2.44. The van der Waals surface area contributed by atoms with E-state index >= 15 is 0 Å². The van der Waals surface area contributed by atoms with Crippen LogP contribution in [0.1, 0.15) is 81.6 Å². The summed E-state index contributed by atoms with van der Waals surface area (Å²) in [7, 11) is -0.175. The van der Waals surface area contributed by atoms with Crippen LogP contribution in [0.4, 0.5) is 0 Å². The highest BCUT2D eigenvalue weighted by atomic mass is 28.4. The van der Waals surface area contributed by atoms with Crippen LogP contribution in [0.15, 0.2) is 30.9 Å². The van der Waals surface area contributed by atoms with Gasteiger partial charge in [0.25, 0.3) is 0 Å². The molecular formula is C28H42O3Si. The molecule has 176 valence electrons. The lowest BCUT2D eigenvalue weighted by Crippen LogP contribution is -2.52. The third-order valence-electron chi connectivity index (χ3n) is 9.64. The summed E-state index contributed by atoms with van der Waals surface area (Å²) in [4.78, 5) is 13.7. The Balaban J connectivity index is 1.71. The number of carbonyl (C=O) groups is 1. The second-order valence-electron chi connectivity index (χ2n) is 12.2. The lowest BCUT2D eigenvalue weighted by Gasteiger charge is -2.54. The van der Waals surface area contributed by atoms with Crippen molar-refractivity contribution in [3.8, 4) is 5.75 Å². The van der Waals surface area contributed by atoms with Gasteiger partial charge in [-0.2, -0.15) is 0 Å². The summed E-state index contributed by atoms with van der Waals surface area (Å²) in [6, 6.07) is 6.16. The molecule has 0 aromatic heterocycles. The summed E-state index contributed by atoms with van der Waals surface area (Å²) < 4.78 is 12.5. The summed E-state index contributed by atoms with van der Waals surface area (Å²) in [6.45, 7) is 18.2. The average Bonchev–Trinajstić information content (AvgIpc) is 3.05. The largest absolute Gasteiger partial charge is 0.497 e. The van der Waals surface area contributed by atoms with Crippen LogP contribution in [0.25, 0.3) is 0 Å². The van der Waals surface area contributed by atoms with E-state index in [4.69, 9.17) is 9.16 Å². The Kier molecular flexibility index (Phi) is 6.03. The number of hydrogen-bond acceptors (Lipinski definition) is 3. The number of benzene rings is 1. The third kappa shape index (κ3) is 3.62. The van der Waals surface area contributed by atoms with E-state index < -0.39 is 8.32 Å². The number of ketones is 1. The zero-order valence-electron chi connectivity index (χ0n) is 21.2. The first kappa shape index (κ1) is 23.8. The number of Topliss-reactive ketones (excluding diaryl/α,β-unsaturated/α-hetero) is 1. The molecule has 3 aliphatic carbocycles. The van der Waals surface area contributed by atoms with E-state index in [0.29, 0.717) is 23.9 Å². The van der Waals surface area contributed by atoms with Gasteiger partial charge in [0.2, 0.25) is 0 Å². The molecule has 1 aromatic carbocycles. The van der Waals surface area contributed by atoms with Crippen molar-refractivity contribution in [3.05, 3.63) is 42.0 Å². The van der Waals surface area contributed by atoms with Gasteiger partial charge in [0.15, 0.2) is 14.1 Å². The quantitative estimate of drug-likeness (QED) is 0.344. The van der Waals surface area contributed by atoms with Gasteiger partial charge in [0.1, 0.15) is 5.75 Å². The van der Waals surface area contributed by atoms with Gasteiger partial charge in [-0.15, -0.1) is 6.58 Å². The van der Waals surface area contributed by atoms with Crippen LogP contribution in [0.5, 0.6) is 5.75 Å². The molecule has 0 aliphatic heterocycles. The fraction of sp³-hybridized carbons (Fsp3) is 0.679. The van der Waals surface area contributed by atoms with Crippen LogP contribution in [-0.4, -0.2) is 27.3 Å². The smallest absolute Gasteiger partial charge is 0.192 e. The van der Waals surface area contributed by atoms with Gasteiger partial charge in [-0.1, -0.05) is 39.8 Å². The molecule has 0 bridgehead atoms. The molecule has 2 saturated carbocycles. The van der Waals surface area contributed by atoms with Gasteiger partial charge in [-0.05, 0) is 91.1 Å². The van der Waals surface area contributed by atoms with Crippen LogP contribution < -0.4 is 4.74 Å². The van der Waals surface area contributed by atoms with Crippen molar-refractivity contribution in [2.24, 2.45) is 23.2 Å². The van der Waals surface area contributed by atoms with Gasteiger partial charge in [-0.25, -0.2) is 0 Å². The van der Waals surface area contributed by atoms with Crippen LogP contribution in [-0.2, 0) is 4.43 Å². The predicted octanol–water partition coefficient (Wildman–Crippen LogP) is 7.38. The monoisotopic (exact) mass is 454 g/mol. The highest BCUT2D eigenvalue weighted by Crippen LogP contribution is 2.64. The second kappa shape index (κ2) is 8.13. The molecule has 0 spiro atoms. The first-order valence-corrected chi connectivity index (χ1v) is 15.4. The summed E-state index contributed by atoms with van der Waals surface area (Å²) in [5.41, 5.74) is 2.28. The topological polar surface area (TPSA) is 35.5 Å². The number of carbonyl (C=O) groups excluding carboxylic acids is 1. The highest BCUT2D eigenvalue weighted by molar-refractivity contribution is 6.74. The zero-order valence-corrected chi connectivity index (χ0v) is 22.2. The van der Waals surface area contributed by atoms with E-state index in [1.54, 1.807) is 7.11 Å². The minimum atomic E-state index is -1.85. The van der Waals surface area contributed by atoms with Gasteiger partial charge in [-0.3, -0.25) is 4.79 Å². The van der Waals surface area contributed by atoms with Crippen LogP contribution in [0, 0.1) is 23.2 Å². The van der Waals surface area contributed by atoms with Gasteiger partial charge >= 0.3 is 0 Å². The van der Waals surface area contributed by atoms with E-state index in [1.807, 2.05) is 18.2 Å². The van der Waals surface area contributed by atoms with Crippen molar-refractivity contribution < 1.29 is 14.0 Å². The molecule has 1 aromatic rings. The Morgan fingerprint density at radius 1 is 1.22 bits per heavy atom. The first-order valence-electron chi connectivity index (χ1n) is 12.5. The fourth-order valence-electron chi connectivity index (χ4n) is 6.81. The predicted molar refractivity (Wildman–Crippen MR) is 134 cm³/mol. The molecule has 0 N–H and O–H groups in total. The number of hydrogen-bond donors (Lipinski definition) is 0. The number of methoxy groups -OCH3 is 1. The number of ether oxygens (including phenoxy) is 1. The number of allylic oxidation sites excluding steroid dienone is 1. The molecule has 2 fully saturated rings. The average molecular weight is 455 g/mol. The molecule has 0 saturated heterocycles. The Hall–Kier alpha value is -1.39. The minimum Gasteiger partial charge on any atom is -0.497 e. The maximum Gasteiger partial charge on any atom is 0.192 e. The van der Waals surface area contributed by atoms with E-state index in [-0.39, 0.29) is 22.2 Å². The molecule has 3 nitrogen and oxygen atoms in total. The number of rotatable bonds is 5. The summed E-state index contributed by atoms with van der Waals surface area (Å²) in [6.07, 6.45) is 7.64. The van der Waals surface area contributed by atoms with E-state index in [2.05, 4.69) is 53.4 Å². The van der Waals surface area contributed by atoms with Crippen LogP contribution in [0.2, 0.25) is 18.1 Å². The maximum absolute atomic E-state index is 13.7. The number of fused-ring (bicyclic) bond motifs is 5. The van der Waals surface area contributed by atoms with Crippen LogP contribution in [0.3, 0.4) is 0 Å². The molecule has 0 amide bonds. The Labute approximate surface area is 196 Å². The van der Waals surface area contributed by atoms with Gasteiger partial charge < -0.3 is 9.16 Å². The van der Waals surface area contributed by atoms with Crippen molar-refractivity contribution >= 4 is 14.1 Å². The Morgan fingerprint density at radius 2 is 1.94 bits per heavy atom. The van der Waals surface area contributed by atoms with Crippen molar-refractivity contribution in [2.75, 3.05) is 7.11 Å². The van der Waals surface area contributed by atoms with Crippen LogP contribution >= 0.6 is 0 Å². The third-order valence-corrected chi connectivity index (χ3v) is 14.1. The lowest BCUT2D eigenvalue weighted by molar-refractivity contribution is -0.0282. The molecule has 32 heavy (non-hydrogen) atoms. The van der Waals surface area contributed by atoms with E-state index in [9.17, 15) is 4.79 Å². The molecule has 6 atom stereocenters. The van der Waals surface area contributed by atoms with Crippen molar-refractivity contribution in [1.82, 2.24) is 0 Å². The lowest BCUT2D eigenvalue weighted by atomic mass is 9.52. The standard InChI is InChI=1S/C28H42O3Si/c1-9-10-21-25-20(19-12-11-18(30-6)17-22(19)26(21)29)15-16-28(5)23(25)13-14-24(28)31-32(7,8)27(2,3)4/h9,11-12,17,20-21,23-25H,1,10,13-16H2,2-8H3/t20-,21?,23+,24?,25+,28+/m1/s1. The van der Waals surface area contributed by atoms with Crippen molar-refractivity contribution in [1.29, 1.82) is 0 Å². The Morgan fingerprint density at radius 3 is 2.56 bits per heavy atom. The van der Waals surface area contributed by atoms with Gasteiger partial charge in [0, 0.05) is 11.5 Å². The van der Waals surface area contributed by atoms with Gasteiger partial charge in [0.05, 0.1) is 13.2 Å².